The number of carbonyl (C=O) groups excluding carboxylic acids is 1. The summed E-state index contributed by atoms with van der Waals surface area (Å²) in [4.78, 5) is 10.8. The van der Waals surface area contributed by atoms with E-state index in [1.54, 1.807) is 6.92 Å². The molecule has 0 saturated carbocycles. The van der Waals surface area contributed by atoms with Crippen LogP contribution in [0, 0.1) is 0 Å². The van der Waals surface area contributed by atoms with E-state index in [0.29, 0.717) is 0 Å². The van der Waals surface area contributed by atoms with Crippen molar-refractivity contribution in [3.05, 3.63) is 0 Å². The molecule has 5 nitrogen and oxygen atoms in total. The highest BCUT2D eigenvalue weighted by atomic mass is 32.4. The molecule has 0 heterocycles. The SMILES string of the molecule is CCC(=O)OCC[Si](C)(C)S(=O)(=O)OC(F)(F)F. The quantitative estimate of drug-likeness (QED) is 0.554. The number of rotatable bonds is 6. The first-order valence-corrected chi connectivity index (χ1v) is 10.4. The van der Waals surface area contributed by atoms with Crippen LogP contribution in [-0.2, 0) is 23.3 Å². The fourth-order valence-electron chi connectivity index (χ4n) is 0.875. The second-order valence-electron chi connectivity index (χ2n) is 4.07. The summed E-state index contributed by atoms with van der Waals surface area (Å²) in [7, 11) is -8.07. The van der Waals surface area contributed by atoms with Crippen molar-refractivity contribution in [2.45, 2.75) is 38.8 Å². The first-order chi connectivity index (χ1) is 7.91. The maximum absolute atomic E-state index is 11.9. The maximum atomic E-state index is 11.9. The number of ether oxygens (including phenoxy) is 1. The molecule has 18 heavy (non-hydrogen) atoms. The molecule has 0 aliphatic heterocycles. The number of hydrogen-bond acceptors (Lipinski definition) is 5. The van der Waals surface area contributed by atoms with Crippen LogP contribution in [0.4, 0.5) is 13.2 Å². The van der Waals surface area contributed by atoms with Crippen molar-refractivity contribution in [2.24, 2.45) is 0 Å². The third kappa shape index (κ3) is 5.82. The molecule has 0 aliphatic carbocycles. The van der Waals surface area contributed by atoms with Gasteiger partial charge in [-0.1, -0.05) is 20.0 Å². The van der Waals surface area contributed by atoms with E-state index in [1.165, 1.54) is 13.1 Å². The summed E-state index contributed by atoms with van der Waals surface area (Å²) in [6.07, 6.45) is -5.11. The molecule has 0 aromatic rings. The van der Waals surface area contributed by atoms with Crippen LogP contribution in [0.2, 0.25) is 19.1 Å². The lowest BCUT2D eigenvalue weighted by molar-refractivity contribution is -0.271. The summed E-state index contributed by atoms with van der Waals surface area (Å²) >= 11 is 0. The summed E-state index contributed by atoms with van der Waals surface area (Å²) in [5, 5.41) is 0. The zero-order valence-corrected chi connectivity index (χ0v) is 12.0. The van der Waals surface area contributed by atoms with Crippen LogP contribution < -0.4 is 0 Å². The largest absolute Gasteiger partial charge is 0.536 e. The van der Waals surface area contributed by atoms with Crippen molar-refractivity contribution in [3.63, 3.8) is 0 Å². The lowest BCUT2D eigenvalue weighted by Crippen LogP contribution is -2.42. The predicted molar refractivity (Wildman–Crippen MR) is 59.6 cm³/mol. The molecule has 0 radical (unpaired) electrons. The van der Waals surface area contributed by atoms with E-state index in [9.17, 15) is 26.4 Å². The lowest BCUT2D eigenvalue weighted by atomic mass is 10.5. The van der Waals surface area contributed by atoms with Crippen LogP contribution in [0.25, 0.3) is 0 Å². The number of esters is 1. The first kappa shape index (κ1) is 17.4. The molecule has 0 aromatic carbocycles. The van der Waals surface area contributed by atoms with Gasteiger partial charge in [-0.05, 0) is 6.04 Å². The molecule has 108 valence electrons. The molecule has 0 atom stereocenters. The van der Waals surface area contributed by atoms with Gasteiger partial charge in [-0.3, -0.25) is 4.79 Å². The van der Waals surface area contributed by atoms with Gasteiger partial charge in [-0.15, -0.1) is 13.2 Å². The van der Waals surface area contributed by atoms with Crippen molar-refractivity contribution >= 4 is 22.8 Å². The highest BCUT2D eigenvalue weighted by Crippen LogP contribution is 2.27. The highest BCUT2D eigenvalue weighted by molar-refractivity contribution is 8.18. The van der Waals surface area contributed by atoms with Crippen molar-refractivity contribution in [3.8, 4) is 0 Å². The smallest absolute Gasteiger partial charge is 0.466 e. The Hall–Kier alpha value is -0.613. The minimum atomic E-state index is -5.23. The Morgan fingerprint density at radius 1 is 1.28 bits per heavy atom. The Morgan fingerprint density at radius 3 is 2.17 bits per heavy atom. The van der Waals surface area contributed by atoms with Gasteiger partial charge in [0.2, 0.25) is 16.8 Å². The molecular weight excluding hydrogens is 293 g/mol. The number of carbonyl (C=O) groups is 1. The van der Waals surface area contributed by atoms with Gasteiger partial charge in [0, 0.05) is 6.42 Å². The van der Waals surface area contributed by atoms with E-state index in [0.717, 1.165) is 0 Å². The molecule has 0 aromatic heterocycles. The molecule has 10 heteroatoms. The zero-order chi connectivity index (χ0) is 14.6. The van der Waals surface area contributed by atoms with Crippen LogP contribution >= 0.6 is 0 Å². The average molecular weight is 308 g/mol. The van der Waals surface area contributed by atoms with Crippen LogP contribution in [0.5, 0.6) is 0 Å². The standard InChI is InChI=1S/C8H15F3O5SSi/c1-4-7(12)15-5-6-18(2,3)17(13,14)16-8(9,10)11/h4-6H2,1-3H3. The summed E-state index contributed by atoms with van der Waals surface area (Å²) in [6.45, 7) is 3.72. The fraction of sp³-hybridized carbons (Fsp3) is 0.875. The van der Waals surface area contributed by atoms with Gasteiger partial charge < -0.3 is 4.74 Å². The van der Waals surface area contributed by atoms with Gasteiger partial charge in [-0.25, -0.2) is 8.42 Å². The minimum absolute atomic E-state index is 0.119. The number of halogens is 3. The topological polar surface area (TPSA) is 69.7 Å². The van der Waals surface area contributed by atoms with E-state index in [2.05, 4.69) is 8.92 Å². The Labute approximate surface area is 104 Å². The van der Waals surface area contributed by atoms with Gasteiger partial charge in [-0.2, -0.15) is 4.18 Å². The van der Waals surface area contributed by atoms with E-state index in [1.807, 2.05) is 0 Å². The Bertz CT molecular complexity index is 390. The normalized spacial score (nSPS) is 13.4. The van der Waals surface area contributed by atoms with Crippen LogP contribution in [0.1, 0.15) is 13.3 Å². The fourth-order valence-corrected chi connectivity index (χ4v) is 4.15. The molecule has 0 spiro atoms. The van der Waals surface area contributed by atoms with Crippen LogP contribution in [-0.4, -0.2) is 34.6 Å². The van der Waals surface area contributed by atoms with Crippen molar-refractivity contribution < 1.29 is 35.3 Å². The molecule has 0 saturated heterocycles. The Morgan fingerprint density at radius 2 is 1.78 bits per heavy atom. The molecule has 0 bridgehead atoms. The first-order valence-electron chi connectivity index (χ1n) is 5.09. The minimum Gasteiger partial charge on any atom is -0.466 e. The van der Waals surface area contributed by atoms with Gasteiger partial charge >= 0.3 is 12.3 Å². The summed E-state index contributed by atoms with van der Waals surface area (Å²) < 4.78 is 66.4. The summed E-state index contributed by atoms with van der Waals surface area (Å²) in [5.74, 6) is -0.533. The third-order valence-corrected chi connectivity index (χ3v) is 10.2. The second kappa shape index (κ2) is 6.02. The molecular formula is C8H15F3O5SSi. The molecule has 0 amide bonds. The lowest BCUT2D eigenvalue weighted by Gasteiger charge is -2.21. The van der Waals surface area contributed by atoms with Crippen LogP contribution in [0.3, 0.4) is 0 Å². The van der Waals surface area contributed by atoms with E-state index >= 15 is 0 Å². The second-order valence-corrected chi connectivity index (χ2v) is 14.0. The van der Waals surface area contributed by atoms with Crippen molar-refractivity contribution in [1.29, 1.82) is 0 Å². The van der Waals surface area contributed by atoms with Crippen molar-refractivity contribution in [1.82, 2.24) is 0 Å². The van der Waals surface area contributed by atoms with E-state index in [4.69, 9.17) is 0 Å². The number of alkyl halides is 3. The molecule has 0 unspecified atom stereocenters. The van der Waals surface area contributed by atoms with Gasteiger partial charge in [0.25, 0.3) is 0 Å². The van der Waals surface area contributed by atoms with Gasteiger partial charge in [0.15, 0.2) is 0 Å². The Balaban J connectivity index is 4.57. The average Bonchev–Trinajstić information content (AvgIpc) is 2.13. The molecule has 0 fully saturated rings. The monoisotopic (exact) mass is 308 g/mol. The van der Waals surface area contributed by atoms with Crippen molar-refractivity contribution in [2.75, 3.05) is 6.61 Å². The van der Waals surface area contributed by atoms with E-state index in [-0.39, 0.29) is 19.1 Å². The zero-order valence-electron chi connectivity index (χ0n) is 10.2. The molecule has 0 N–H and O–H groups in total. The Kier molecular flexibility index (Phi) is 5.81. The predicted octanol–water partition coefficient (Wildman–Crippen LogP) is 2.01. The number of hydrogen-bond donors (Lipinski definition) is 0. The third-order valence-electron chi connectivity index (χ3n) is 2.14. The van der Waals surface area contributed by atoms with Gasteiger partial charge in [0.05, 0.1) is 6.61 Å². The maximum Gasteiger partial charge on any atom is 0.536 e. The van der Waals surface area contributed by atoms with Crippen LogP contribution in [0.15, 0.2) is 0 Å². The van der Waals surface area contributed by atoms with E-state index < -0.39 is 29.1 Å². The summed E-state index contributed by atoms with van der Waals surface area (Å²) in [6, 6.07) is -0.156. The summed E-state index contributed by atoms with van der Waals surface area (Å²) in [5.41, 5.74) is 0. The highest BCUT2D eigenvalue weighted by Gasteiger charge is 2.46. The molecule has 0 rings (SSSR count). The molecule has 0 aliphatic rings. The van der Waals surface area contributed by atoms with Gasteiger partial charge in [0.1, 0.15) is 0 Å².